The first-order valence-corrected chi connectivity index (χ1v) is 8.68. The number of rotatable bonds is 10. The van der Waals surface area contributed by atoms with Gasteiger partial charge in [-0.2, -0.15) is 0 Å². The zero-order valence-electron chi connectivity index (χ0n) is 14.1. The molecule has 1 aromatic carbocycles. The predicted octanol–water partition coefficient (Wildman–Crippen LogP) is 5.02. The van der Waals surface area contributed by atoms with Crippen LogP contribution in [-0.4, -0.2) is 4.98 Å². The second-order valence-electron chi connectivity index (χ2n) is 5.96. The van der Waals surface area contributed by atoms with Crippen molar-refractivity contribution in [3.8, 4) is 5.75 Å². The summed E-state index contributed by atoms with van der Waals surface area (Å²) in [6.45, 7) is 2.71. The molecule has 1 unspecified atom stereocenters. The van der Waals surface area contributed by atoms with Gasteiger partial charge in [-0.05, 0) is 24.6 Å². The number of aromatic nitrogens is 1. The Kier molecular flexibility index (Phi) is 7.61. The minimum atomic E-state index is 0.0385. The molecule has 0 spiro atoms. The summed E-state index contributed by atoms with van der Waals surface area (Å²) in [6, 6.07) is 14.0. The van der Waals surface area contributed by atoms with E-state index in [0.717, 1.165) is 23.4 Å². The van der Waals surface area contributed by atoms with Crippen molar-refractivity contribution >= 4 is 0 Å². The van der Waals surface area contributed by atoms with E-state index in [4.69, 9.17) is 10.5 Å². The van der Waals surface area contributed by atoms with Crippen LogP contribution in [0.3, 0.4) is 0 Å². The number of pyridine rings is 1. The zero-order valence-corrected chi connectivity index (χ0v) is 14.1. The zero-order chi connectivity index (χ0) is 16.3. The van der Waals surface area contributed by atoms with Crippen LogP contribution in [0.25, 0.3) is 0 Å². The first-order valence-electron chi connectivity index (χ1n) is 8.68. The third kappa shape index (κ3) is 6.03. The molecule has 0 aliphatic carbocycles. The van der Waals surface area contributed by atoms with Crippen molar-refractivity contribution in [2.45, 2.75) is 58.1 Å². The fourth-order valence-corrected chi connectivity index (χ4v) is 2.68. The largest absolute Gasteiger partial charge is 0.487 e. The minimum Gasteiger partial charge on any atom is -0.487 e. The van der Waals surface area contributed by atoms with Gasteiger partial charge in [-0.1, -0.05) is 63.3 Å². The van der Waals surface area contributed by atoms with Gasteiger partial charge in [0.05, 0.1) is 5.69 Å². The molecule has 0 radical (unpaired) electrons. The number of nitrogens with zero attached hydrogens (tertiary/aromatic N) is 1. The molecule has 124 valence electrons. The van der Waals surface area contributed by atoms with Crippen LogP contribution < -0.4 is 10.5 Å². The molecule has 23 heavy (non-hydrogen) atoms. The van der Waals surface area contributed by atoms with Gasteiger partial charge < -0.3 is 10.5 Å². The quantitative estimate of drug-likeness (QED) is 0.627. The number of hydrogen-bond acceptors (Lipinski definition) is 3. The van der Waals surface area contributed by atoms with E-state index in [9.17, 15) is 0 Å². The topological polar surface area (TPSA) is 48.1 Å². The number of hydrogen-bond donors (Lipinski definition) is 1. The molecule has 0 bridgehead atoms. The van der Waals surface area contributed by atoms with E-state index in [2.05, 4.69) is 18.0 Å². The predicted molar refractivity (Wildman–Crippen MR) is 95.3 cm³/mol. The van der Waals surface area contributed by atoms with E-state index in [1.807, 2.05) is 36.4 Å². The van der Waals surface area contributed by atoms with Gasteiger partial charge in [-0.15, -0.1) is 0 Å². The Labute approximate surface area is 139 Å². The molecule has 0 fully saturated rings. The molecule has 1 atom stereocenters. The summed E-state index contributed by atoms with van der Waals surface area (Å²) in [4.78, 5) is 4.29. The van der Waals surface area contributed by atoms with Gasteiger partial charge in [-0.25, -0.2) is 0 Å². The molecule has 0 saturated heterocycles. The molecule has 0 saturated carbocycles. The number of unbranched alkanes of at least 4 members (excludes halogenated alkanes) is 4. The molecule has 2 N–H and O–H groups in total. The smallest absolute Gasteiger partial charge is 0.130 e. The highest BCUT2D eigenvalue weighted by Crippen LogP contribution is 2.27. The van der Waals surface area contributed by atoms with Crippen molar-refractivity contribution in [1.82, 2.24) is 4.98 Å². The Hall–Kier alpha value is -1.87. The maximum absolute atomic E-state index is 6.38. The Morgan fingerprint density at radius 3 is 2.57 bits per heavy atom. The summed E-state index contributed by atoms with van der Waals surface area (Å²) >= 11 is 0. The second-order valence-corrected chi connectivity index (χ2v) is 5.96. The fourth-order valence-electron chi connectivity index (χ4n) is 2.68. The molecule has 2 aromatic rings. The SMILES string of the molecule is CCCCCCCC(N)c1ccccc1OCc1ccccn1. The van der Waals surface area contributed by atoms with Gasteiger partial charge in [0, 0.05) is 17.8 Å². The van der Waals surface area contributed by atoms with Crippen molar-refractivity contribution in [2.24, 2.45) is 5.73 Å². The van der Waals surface area contributed by atoms with Gasteiger partial charge in [-0.3, -0.25) is 4.98 Å². The third-order valence-corrected chi connectivity index (χ3v) is 4.04. The Balaban J connectivity index is 1.88. The number of para-hydroxylation sites is 1. The summed E-state index contributed by atoms with van der Waals surface area (Å²) in [5, 5.41) is 0. The normalized spacial score (nSPS) is 12.1. The maximum atomic E-state index is 6.38. The van der Waals surface area contributed by atoms with Gasteiger partial charge in [0.2, 0.25) is 0 Å². The molecule has 0 aliphatic rings. The van der Waals surface area contributed by atoms with Crippen molar-refractivity contribution in [1.29, 1.82) is 0 Å². The first-order chi connectivity index (χ1) is 11.3. The lowest BCUT2D eigenvalue weighted by molar-refractivity contribution is 0.295. The van der Waals surface area contributed by atoms with Crippen LogP contribution in [0.2, 0.25) is 0 Å². The minimum absolute atomic E-state index is 0.0385. The molecular weight excluding hydrogens is 284 g/mol. The van der Waals surface area contributed by atoms with Crippen LogP contribution in [0.5, 0.6) is 5.75 Å². The standard InChI is InChI=1S/C20H28N2O/c1-2-3-4-5-6-13-19(21)18-12-7-8-14-20(18)23-16-17-11-9-10-15-22-17/h7-12,14-15,19H,2-6,13,16,21H2,1H3. The van der Waals surface area contributed by atoms with Crippen LogP contribution in [0.4, 0.5) is 0 Å². The van der Waals surface area contributed by atoms with Gasteiger partial charge in [0.1, 0.15) is 12.4 Å². The molecule has 1 aromatic heterocycles. The van der Waals surface area contributed by atoms with Crippen LogP contribution in [0.1, 0.15) is 62.7 Å². The Morgan fingerprint density at radius 2 is 1.78 bits per heavy atom. The first kappa shape index (κ1) is 17.5. The molecule has 0 aliphatic heterocycles. The van der Waals surface area contributed by atoms with E-state index in [1.54, 1.807) is 6.20 Å². The third-order valence-electron chi connectivity index (χ3n) is 4.04. The lowest BCUT2D eigenvalue weighted by atomic mass is 10.00. The van der Waals surface area contributed by atoms with Gasteiger partial charge in [0.25, 0.3) is 0 Å². The number of ether oxygens (including phenoxy) is 1. The number of nitrogens with two attached hydrogens (primary N) is 1. The monoisotopic (exact) mass is 312 g/mol. The lowest BCUT2D eigenvalue weighted by Gasteiger charge is -2.17. The average Bonchev–Trinajstić information content (AvgIpc) is 2.61. The van der Waals surface area contributed by atoms with E-state index in [1.165, 1.54) is 32.1 Å². The highest BCUT2D eigenvalue weighted by Gasteiger charge is 2.11. The fraction of sp³-hybridized carbons (Fsp3) is 0.450. The van der Waals surface area contributed by atoms with E-state index in [-0.39, 0.29) is 6.04 Å². The van der Waals surface area contributed by atoms with Crippen molar-refractivity contribution < 1.29 is 4.74 Å². The van der Waals surface area contributed by atoms with Crippen molar-refractivity contribution in [3.05, 3.63) is 59.9 Å². The molecule has 1 heterocycles. The Morgan fingerprint density at radius 1 is 1.00 bits per heavy atom. The van der Waals surface area contributed by atoms with Crippen molar-refractivity contribution in [2.75, 3.05) is 0 Å². The summed E-state index contributed by atoms with van der Waals surface area (Å²) in [7, 11) is 0. The second kappa shape index (κ2) is 10.0. The maximum Gasteiger partial charge on any atom is 0.130 e. The van der Waals surface area contributed by atoms with Gasteiger partial charge >= 0.3 is 0 Å². The van der Waals surface area contributed by atoms with E-state index >= 15 is 0 Å². The van der Waals surface area contributed by atoms with Crippen LogP contribution >= 0.6 is 0 Å². The summed E-state index contributed by atoms with van der Waals surface area (Å²) in [5.41, 5.74) is 8.41. The van der Waals surface area contributed by atoms with Crippen LogP contribution in [0, 0.1) is 0 Å². The van der Waals surface area contributed by atoms with Crippen LogP contribution in [-0.2, 0) is 6.61 Å². The van der Waals surface area contributed by atoms with Gasteiger partial charge in [0.15, 0.2) is 0 Å². The Bertz CT molecular complexity index is 557. The molecule has 3 nitrogen and oxygen atoms in total. The van der Waals surface area contributed by atoms with Crippen molar-refractivity contribution in [3.63, 3.8) is 0 Å². The molecule has 3 heteroatoms. The molecule has 0 amide bonds. The molecule has 2 rings (SSSR count). The van der Waals surface area contributed by atoms with E-state index < -0.39 is 0 Å². The number of benzene rings is 1. The van der Waals surface area contributed by atoms with E-state index in [0.29, 0.717) is 6.61 Å². The lowest BCUT2D eigenvalue weighted by Crippen LogP contribution is -2.12. The summed E-state index contributed by atoms with van der Waals surface area (Å²) in [5.74, 6) is 0.874. The highest BCUT2D eigenvalue weighted by molar-refractivity contribution is 5.35. The average molecular weight is 312 g/mol. The summed E-state index contributed by atoms with van der Waals surface area (Å²) in [6.07, 6.45) is 9.13. The summed E-state index contributed by atoms with van der Waals surface area (Å²) < 4.78 is 5.95. The highest BCUT2D eigenvalue weighted by atomic mass is 16.5. The molecular formula is C20H28N2O. The van der Waals surface area contributed by atoms with Crippen LogP contribution in [0.15, 0.2) is 48.7 Å².